The van der Waals surface area contributed by atoms with Crippen molar-refractivity contribution in [3.63, 3.8) is 0 Å². The van der Waals surface area contributed by atoms with Gasteiger partial charge in [-0.1, -0.05) is 47.6 Å². The van der Waals surface area contributed by atoms with Crippen LogP contribution in [0.5, 0.6) is 0 Å². The summed E-state index contributed by atoms with van der Waals surface area (Å²) in [7, 11) is 0. The van der Waals surface area contributed by atoms with E-state index in [2.05, 4.69) is 51.5 Å². The number of piperazine rings is 1. The fourth-order valence-electron chi connectivity index (χ4n) is 3.77. The van der Waals surface area contributed by atoms with Crippen molar-refractivity contribution in [2.45, 2.75) is 13.3 Å². The first-order valence-electron chi connectivity index (χ1n) is 10.5. The second-order valence-electron chi connectivity index (χ2n) is 7.72. The van der Waals surface area contributed by atoms with Crippen molar-refractivity contribution in [2.75, 3.05) is 44.2 Å². The molecule has 0 atom stereocenters. The smallest absolute Gasteiger partial charge is 0.289 e. The topological polar surface area (TPSA) is 61.6 Å². The van der Waals surface area contributed by atoms with E-state index in [9.17, 15) is 4.79 Å². The molecule has 30 heavy (non-hydrogen) atoms. The maximum atomic E-state index is 12.3. The van der Waals surface area contributed by atoms with Crippen molar-refractivity contribution in [1.82, 2.24) is 15.4 Å². The number of aryl methyl sites for hydroxylation is 1. The van der Waals surface area contributed by atoms with Crippen LogP contribution in [0.15, 0.2) is 65.2 Å². The average Bonchev–Trinajstić information content (AvgIpc) is 3.28. The van der Waals surface area contributed by atoms with Gasteiger partial charge in [0.15, 0.2) is 0 Å². The van der Waals surface area contributed by atoms with Crippen LogP contribution < -0.4 is 10.2 Å². The Balaban J connectivity index is 1.17. The van der Waals surface area contributed by atoms with E-state index < -0.39 is 0 Å². The number of amides is 1. The Morgan fingerprint density at radius 3 is 2.60 bits per heavy atom. The maximum absolute atomic E-state index is 12.3. The van der Waals surface area contributed by atoms with Gasteiger partial charge in [0, 0.05) is 50.0 Å². The molecule has 1 saturated heterocycles. The lowest BCUT2D eigenvalue weighted by Gasteiger charge is -2.36. The minimum Gasteiger partial charge on any atom is -0.369 e. The Labute approximate surface area is 177 Å². The standard InChI is InChI=1S/C24H28N4O2/c1-19-7-5-10-21(17-19)28-15-13-27(14-16-28)12-6-11-25-24(29)23-18-22(26-30-23)20-8-3-2-4-9-20/h2-5,7-10,17-18H,6,11-16H2,1H3,(H,25,29). The highest BCUT2D eigenvalue weighted by Gasteiger charge is 2.17. The Morgan fingerprint density at radius 1 is 1.03 bits per heavy atom. The molecule has 1 aliphatic rings. The van der Waals surface area contributed by atoms with Gasteiger partial charge in [-0.15, -0.1) is 0 Å². The predicted molar refractivity (Wildman–Crippen MR) is 119 cm³/mol. The van der Waals surface area contributed by atoms with E-state index in [1.165, 1.54) is 11.3 Å². The molecule has 1 amide bonds. The largest absolute Gasteiger partial charge is 0.369 e. The van der Waals surface area contributed by atoms with Gasteiger partial charge in [0.1, 0.15) is 5.69 Å². The van der Waals surface area contributed by atoms with E-state index in [0.717, 1.165) is 44.7 Å². The summed E-state index contributed by atoms with van der Waals surface area (Å²) >= 11 is 0. The molecule has 2 heterocycles. The lowest BCUT2D eigenvalue weighted by Crippen LogP contribution is -2.47. The summed E-state index contributed by atoms with van der Waals surface area (Å²) in [5.41, 5.74) is 4.22. The van der Waals surface area contributed by atoms with Gasteiger partial charge >= 0.3 is 0 Å². The third-order valence-corrected chi connectivity index (χ3v) is 5.48. The van der Waals surface area contributed by atoms with Gasteiger partial charge < -0.3 is 14.7 Å². The van der Waals surface area contributed by atoms with Crippen molar-refractivity contribution in [1.29, 1.82) is 0 Å². The van der Waals surface area contributed by atoms with Crippen LogP contribution in [-0.4, -0.2) is 55.2 Å². The molecule has 1 aromatic heterocycles. The first kappa shape index (κ1) is 20.2. The van der Waals surface area contributed by atoms with Gasteiger partial charge in [-0.05, 0) is 37.6 Å². The zero-order valence-electron chi connectivity index (χ0n) is 17.4. The van der Waals surface area contributed by atoms with Crippen molar-refractivity contribution in [3.8, 4) is 11.3 Å². The van der Waals surface area contributed by atoms with Crippen LogP contribution in [0.3, 0.4) is 0 Å². The normalized spacial score (nSPS) is 14.6. The summed E-state index contributed by atoms with van der Waals surface area (Å²) < 4.78 is 5.21. The average molecular weight is 405 g/mol. The summed E-state index contributed by atoms with van der Waals surface area (Å²) in [6.45, 7) is 7.91. The molecule has 0 radical (unpaired) electrons. The molecule has 0 bridgehead atoms. The molecule has 1 fully saturated rings. The minimum atomic E-state index is -0.214. The number of hydrogen-bond acceptors (Lipinski definition) is 5. The first-order chi connectivity index (χ1) is 14.7. The number of hydrogen-bond donors (Lipinski definition) is 1. The highest BCUT2D eigenvalue weighted by atomic mass is 16.5. The van der Waals surface area contributed by atoms with Gasteiger partial charge in [0.05, 0.1) is 0 Å². The van der Waals surface area contributed by atoms with Crippen molar-refractivity contribution in [3.05, 3.63) is 72.0 Å². The molecule has 1 aliphatic heterocycles. The monoisotopic (exact) mass is 404 g/mol. The number of aromatic nitrogens is 1. The SMILES string of the molecule is Cc1cccc(N2CCN(CCCNC(=O)c3cc(-c4ccccc4)no3)CC2)c1. The number of rotatable bonds is 7. The summed E-state index contributed by atoms with van der Waals surface area (Å²) in [5.74, 6) is 0.0366. The number of carbonyl (C=O) groups excluding carboxylic acids is 1. The molecule has 6 heteroatoms. The maximum Gasteiger partial charge on any atom is 0.289 e. The summed E-state index contributed by atoms with van der Waals surface area (Å²) in [6.07, 6.45) is 0.913. The first-order valence-corrected chi connectivity index (χ1v) is 10.5. The number of anilines is 1. The molecule has 1 N–H and O–H groups in total. The number of nitrogens with one attached hydrogen (secondary N) is 1. The van der Waals surface area contributed by atoms with Gasteiger partial charge in [0.25, 0.3) is 5.91 Å². The van der Waals surface area contributed by atoms with Crippen LogP contribution in [0.1, 0.15) is 22.5 Å². The highest BCUT2D eigenvalue weighted by Crippen LogP contribution is 2.19. The third-order valence-electron chi connectivity index (χ3n) is 5.48. The number of benzene rings is 2. The quantitative estimate of drug-likeness (QED) is 0.610. The van der Waals surface area contributed by atoms with Crippen LogP contribution in [0.2, 0.25) is 0 Å². The van der Waals surface area contributed by atoms with Crippen molar-refractivity contribution >= 4 is 11.6 Å². The van der Waals surface area contributed by atoms with Gasteiger partial charge in [-0.2, -0.15) is 0 Å². The lowest BCUT2D eigenvalue weighted by molar-refractivity contribution is 0.0914. The molecule has 3 aromatic rings. The zero-order chi connectivity index (χ0) is 20.8. The number of carbonyl (C=O) groups is 1. The molecule has 0 saturated carbocycles. The van der Waals surface area contributed by atoms with E-state index in [1.807, 2.05) is 30.3 Å². The molecule has 0 unspecified atom stereocenters. The second kappa shape index (κ2) is 9.59. The van der Waals surface area contributed by atoms with Crippen LogP contribution in [0, 0.1) is 6.92 Å². The minimum absolute atomic E-state index is 0.214. The van der Waals surface area contributed by atoms with E-state index in [-0.39, 0.29) is 11.7 Å². The highest BCUT2D eigenvalue weighted by molar-refractivity contribution is 5.92. The predicted octanol–water partition coefficient (Wildman–Crippen LogP) is 3.59. The van der Waals surface area contributed by atoms with Crippen LogP contribution in [0.4, 0.5) is 5.69 Å². The van der Waals surface area contributed by atoms with E-state index in [1.54, 1.807) is 6.07 Å². The zero-order valence-corrected chi connectivity index (χ0v) is 17.4. The van der Waals surface area contributed by atoms with E-state index in [4.69, 9.17) is 4.52 Å². The molecule has 156 valence electrons. The fourth-order valence-corrected chi connectivity index (χ4v) is 3.77. The van der Waals surface area contributed by atoms with Crippen molar-refractivity contribution in [2.24, 2.45) is 0 Å². The Bertz CT molecular complexity index is 962. The molecule has 0 spiro atoms. The summed E-state index contributed by atoms with van der Waals surface area (Å²) in [5, 5.41) is 6.93. The molecule has 0 aliphatic carbocycles. The van der Waals surface area contributed by atoms with Crippen LogP contribution in [-0.2, 0) is 0 Å². The second-order valence-corrected chi connectivity index (χ2v) is 7.72. The third kappa shape index (κ3) is 5.07. The molecule has 6 nitrogen and oxygen atoms in total. The lowest BCUT2D eigenvalue weighted by atomic mass is 10.1. The molecule has 4 rings (SSSR count). The van der Waals surface area contributed by atoms with E-state index in [0.29, 0.717) is 12.2 Å². The molecular weight excluding hydrogens is 376 g/mol. The fraction of sp³-hybridized carbons (Fsp3) is 0.333. The Morgan fingerprint density at radius 2 is 1.83 bits per heavy atom. The van der Waals surface area contributed by atoms with Crippen LogP contribution in [0.25, 0.3) is 11.3 Å². The Kier molecular flexibility index (Phi) is 6.44. The summed E-state index contributed by atoms with van der Waals surface area (Å²) in [4.78, 5) is 17.2. The molecule has 2 aromatic carbocycles. The summed E-state index contributed by atoms with van der Waals surface area (Å²) in [6, 6.07) is 20.1. The Hall–Kier alpha value is -3.12. The van der Waals surface area contributed by atoms with Gasteiger partial charge in [-0.3, -0.25) is 9.69 Å². The van der Waals surface area contributed by atoms with Crippen molar-refractivity contribution < 1.29 is 9.32 Å². The van der Waals surface area contributed by atoms with Gasteiger partial charge in [-0.25, -0.2) is 0 Å². The van der Waals surface area contributed by atoms with Crippen LogP contribution >= 0.6 is 0 Å². The number of nitrogens with zero attached hydrogens (tertiary/aromatic N) is 3. The molecular formula is C24H28N4O2. The van der Waals surface area contributed by atoms with E-state index >= 15 is 0 Å². The van der Waals surface area contributed by atoms with Gasteiger partial charge in [0.2, 0.25) is 5.76 Å².